The highest BCUT2D eigenvalue weighted by molar-refractivity contribution is 5.97. The van der Waals surface area contributed by atoms with E-state index in [1.54, 1.807) is 0 Å². The molecule has 31 heteroatoms. The van der Waals surface area contributed by atoms with Crippen molar-refractivity contribution >= 4 is 47.3 Å². The lowest BCUT2D eigenvalue weighted by atomic mass is 9.94. The molecule has 5 heterocycles. The lowest BCUT2D eigenvalue weighted by Gasteiger charge is -2.48. The summed E-state index contributed by atoms with van der Waals surface area (Å²) in [6, 6.07) is -9.37. The second kappa shape index (κ2) is 27.8. The number of ether oxygens (including phenoxy) is 6. The maximum Gasteiger partial charge on any atom is 0.246 e. The van der Waals surface area contributed by atoms with Gasteiger partial charge in [-0.2, -0.15) is 0 Å². The average molecular weight is 1110 g/mol. The first kappa shape index (κ1) is 63.0. The number of rotatable bonds is 22. The number of aliphatic hydroxyl groups is 9. The van der Waals surface area contributed by atoms with E-state index >= 15 is 0 Å². The van der Waals surface area contributed by atoms with Crippen LogP contribution in [0.5, 0.6) is 0 Å². The molecule has 0 spiro atoms. The van der Waals surface area contributed by atoms with E-state index in [1.807, 2.05) is 0 Å². The molecule has 77 heavy (non-hydrogen) atoms. The molecule has 16 N–H and O–H groups in total. The van der Waals surface area contributed by atoms with Crippen molar-refractivity contribution in [3.05, 3.63) is 0 Å². The Balaban J connectivity index is 1.43. The molecule has 438 valence electrons. The number of carbonyl (C=O) groups is 8. The third-order valence-electron chi connectivity index (χ3n) is 14.2. The molecule has 0 aromatic heterocycles. The molecule has 0 aliphatic carbocycles. The molecule has 5 aliphatic heterocycles. The number of primary amides is 1. The van der Waals surface area contributed by atoms with Gasteiger partial charge in [-0.15, -0.1) is 0 Å². The molecule has 0 radical (unpaired) electrons. The Bertz CT molecular complexity index is 2080. The Morgan fingerprint density at radius 1 is 0.623 bits per heavy atom. The fraction of sp³-hybridized carbons (Fsp3) is 0.826. The Hall–Kier alpha value is -4.84. The number of hydrogen-bond acceptors (Lipinski definition) is 23. The van der Waals surface area contributed by atoms with Crippen LogP contribution in [0.4, 0.5) is 0 Å². The predicted molar refractivity (Wildman–Crippen MR) is 255 cm³/mol. The van der Waals surface area contributed by atoms with Crippen LogP contribution in [-0.2, 0) is 66.8 Å². The first-order valence-electron chi connectivity index (χ1n) is 25.4. The maximum absolute atomic E-state index is 14.4. The van der Waals surface area contributed by atoms with E-state index in [-0.39, 0.29) is 25.9 Å². The van der Waals surface area contributed by atoms with E-state index in [4.69, 9.17) is 34.2 Å². The minimum absolute atomic E-state index is 0.0878. The monoisotopic (exact) mass is 1110 g/mol. The smallest absolute Gasteiger partial charge is 0.246 e. The minimum Gasteiger partial charge on any atom is -0.396 e. The summed E-state index contributed by atoms with van der Waals surface area (Å²) in [5.41, 5.74) is 5.31. The topological polar surface area (TPSA) is 467 Å². The molecule has 13 unspecified atom stereocenters. The quantitative estimate of drug-likeness (QED) is 0.0479. The molecule has 5 aliphatic rings. The fourth-order valence-corrected chi connectivity index (χ4v) is 9.70. The first-order chi connectivity index (χ1) is 36.3. The van der Waals surface area contributed by atoms with E-state index in [2.05, 4.69) is 26.6 Å². The Kier molecular flexibility index (Phi) is 22.8. The Morgan fingerprint density at radius 3 is 1.77 bits per heavy atom. The highest BCUT2D eigenvalue weighted by Gasteiger charge is 2.54. The van der Waals surface area contributed by atoms with Crippen molar-refractivity contribution in [2.45, 2.75) is 196 Å². The van der Waals surface area contributed by atoms with Crippen molar-refractivity contribution in [1.82, 2.24) is 36.4 Å². The van der Waals surface area contributed by atoms with E-state index in [0.29, 0.717) is 12.8 Å². The third-order valence-corrected chi connectivity index (χ3v) is 14.2. The van der Waals surface area contributed by atoms with Crippen LogP contribution in [-0.4, -0.2) is 271 Å². The van der Waals surface area contributed by atoms with Crippen LogP contribution < -0.4 is 32.3 Å². The van der Waals surface area contributed by atoms with Crippen LogP contribution in [0.1, 0.15) is 67.2 Å². The zero-order valence-corrected chi connectivity index (χ0v) is 43.5. The molecule has 0 aromatic carbocycles. The number of nitrogens with two attached hydrogens (primary N) is 1. The van der Waals surface area contributed by atoms with Gasteiger partial charge in [0, 0.05) is 26.9 Å². The zero-order valence-electron chi connectivity index (χ0n) is 43.5. The summed E-state index contributed by atoms with van der Waals surface area (Å²) in [4.78, 5) is 108. The predicted octanol–water partition coefficient (Wildman–Crippen LogP) is -9.28. The number of likely N-dealkylation sites (tertiary alicyclic amines) is 2. The molecular formula is C46H76N8O23. The van der Waals surface area contributed by atoms with Crippen LogP contribution in [0.2, 0.25) is 0 Å². The summed E-state index contributed by atoms with van der Waals surface area (Å²) >= 11 is 0. The van der Waals surface area contributed by atoms with Crippen LogP contribution in [0.3, 0.4) is 0 Å². The SMILES string of the molecule is CC(=O)NC1[C@H](OCC2O[C@H](OC(C)C(NC(=O)C(C)CO)C(=O)NC(C)C(=O)N3CCCC3C(=O)N3CCCC3C(=O)NC(C)C(N)=O)C(NC(C)=O)[C@@H](O[C@@H]3OC(CO)[C@H](O)[C@H](O)C3O)[C@H]2O)OC(CO)[C@@H](O)[C@@H]1O. The van der Waals surface area contributed by atoms with Gasteiger partial charge in [-0.1, -0.05) is 6.92 Å². The molecule has 0 aromatic rings. The van der Waals surface area contributed by atoms with Gasteiger partial charge in [0.1, 0.15) is 103 Å². The summed E-state index contributed by atoms with van der Waals surface area (Å²) in [7, 11) is 0. The number of aliphatic hydroxyl groups excluding tert-OH is 9. The van der Waals surface area contributed by atoms with E-state index in [1.165, 1.54) is 37.5 Å². The van der Waals surface area contributed by atoms with Gasteiger partial charge >= 0.3 is 0 Å². The van der Waals surface area contributed by atoms with Crippen LogP contribution in [0.25, 0.3) is 0 Å². The number of amides is 8. The summed E-state index contributed by atoms with van der Waals surface area (Å²) in [6.07, 6.45) is -23.7. The van der Waals surface area contributed by atoms with Gasteiger partial charge < -0.3 is 116 Å². The van der Waals surface area contributed by atoms with Gasteiger partial charge in [0.2, 0.25) is 47.3 Å². The van der Waals surface area contributed by atoms with E-state index < -0.39 is 208 Å². The number of nitrogens with one attached hydrogen (secondary N) is 5. The number of hydrogen-bond donors (Lipinski definition) is 15. The molecular weight excluding hydrogens is 1030 g/mol. The lowest BCUT2D eigenvalue weighted by Crippen LogP contribution is -2.69. The van der Waals surface area contributed by atoms with E-state index in [9.17, 15) is 84.3 Å². The van der Waals surface area contributed by atoms with Crippen molar-refractivity contribution in [3.8, 4) is 0 Å². The highest BCUT2D eigenvalue weighted by Crippen LogP contribution is 2.33. The van der Waals surface area contributed by atoms with Gasteiger partial charge in [0.05, 0.1) is 38.4 Å². The summed E-state index contributed by atoms with van der Waals surface area (Å²) in [5, 5.41) is 108. The van der Waals surface area contributed by atoms with Gasteiger partial charge in [-0.25, -0.2) is 0 Å². The highest BCUT2D eigenvalue weighted by atomic mass is 16.7. The van der Waals surface area contributed by atoms with Crippen molar-refractivity contribution in [1.29, 1.82) is 0 Å². The first-order valence-corrected chi connectivity index (χ1v) is 25.4. The summed E-state index contributed by atoms with van der Waals surface area (Å²) in [6.45, 7) is 4.50. The van der Waals surface area contributed by atoms with Crippen LogP contribution >= 0.6 is 0 Å². The summed E-state index contributed by atoms with van der Waals surface area (Å²) in [5.74, 6) is -7.21. The summed E-state index contributed by atoms with van der Waals surface area (Å²) < 4.78 is 35.6. The maximum atomic E-state index is 14.4. The molecule has 5 fully saturated rings. The second-order valence-electron chi connectivity index (χ2n) is 20.0. The molecule has 22 atom stereocenters. The molecule has 5 rings (SSSR count). The third kappa shape index (κ3) is 15.1. The minimum atomic E-state index is -2.07. The second-order valence-corrected chi connectivity index (χ2v) is 20.0. The fourth-order valence-electron chi connectivity index (χ4n) is 9.70. The van der Waals surface area contributed by atoms with Crippen molar-refractivity contribution < 1.29 is 113 Å². The molecule has 31 nitrogen and oxygen atoms in total. The standard InChI is InChI=1S/C46H76N8O23/c1-17(13-55)39(67)52-28(41(69)49-19(3)42(70)54-12-8-10-24(54)43(71)53-11-7-9-23(53)40(68)48-18(2)38(47)66)20(4)73-45-30(51-22(6)59)37(77-46-36(65)35(64)32(61)26(15-57)75-46)33(62)27(76-45)16-72-44-29(50-21(5)58)34(63)31(60)25(14-56)74-44/h17-20,23-37,44-46,55-57,60-65H,7-16H2,1-6H3,(H2,47,66)(H,48,68)(H,49,69)(H,50,58)(H,51,59)(H,52,67)/t17?,18?,19?,20?,23?,24?,25?,26?,27?,28?,29?,30?,31-,32+,33+,34-,35+,36?,37-,44-,45+,46+/m1/s1. The number of nitrogens with zero attached hydrogens (tertiary/aromatic N) is 2. The van der Waals surface area contributed by atoms with Crippen molar-refractivity contribution in [2.24, 2.45) is 11.7 Å². The molecule has 0 bridgehead atoms. The molecule has 0 saturated carbocycles. The number of carbonyl (C=O) groups excluding carboxylic acids is 8. The zero-order chi connectivity index (χ0) is 57.3. The normalized spacial score (nSPS) is 35.4. The van der Waals surface area contributed by atoms with Gasteiger partial charge in [0.25, 0.3) is 0 Å². The Labute approximate surface area is 442 Å². The van der Waals surface area contributed by atoms with Gasteiger partial charge in [0.15, 0.2) is 18.9 Å². The molecule has 5 saturated heterocycles. The van der Waals surface area contributed by atoms with Gasteiger partial charge in [-0.05, 0) is 46.5 Å². The average Bonchev–Trinajstić information content (AvgIpc) is 4.09. The van der Waals surface area contributed by atoms with Crippen molar-refractivity contribution in [3.63, 3.8) is 0 Å². The van der Waals surface area contributed by atoms with E-state index in [0.717, 1.165) is 13.8 Å². The largest absolute Gasteiger partial charge is 0.396 e. The molecule has 8 amide bonds. The van der Waals surface area contributed by atoms with Crippen molar-refractivity contribution in [2.75, 3.05) is 39.5 Å². The van der Waals surface area contributed by atoms with Crippen LogP contribution in [0, 0.1) is 5.92 Å². The lowest BCUT2D eigenvalue weighted by molar-refractivity contribution is -0.352. The van der Waals surface area contributed by atoms with Crippen LogP contribution in [0.15, 0.2) is 0 Å². The Morgan fingerprint density at radius 2 is 1.18 bits per heavy atom. The van der Waals surface area contributed by atoms with Gasteiger partial charge in [-0.3, -0.25) is 38.4 Å².